The number of hydrogen-bond acceptors (Lipinski definition) is 1. The number of para-hydroxylation sites is 1. The molecule has 1 aliphatic carbocycles. The second-order valence-electron chi connectivity index (χ2n) is 6.85. The molecule has 0 radical (unpaired) electrons. The number of carbonyl (C=O) groups is 1. The molecule has 0 bridgehead atoms. The van der Waals surface area contributed by atoms with E-state index in [0.717, 1.165) is 24.8 Å². The number of hydrogen-bond donors (Lipinski definition) is 2. The largest absolute Gasteiger partial charge is 0.361 e. The molecule has 3 nitrogen and oxygen atoms in total. The Hall–Kier alpha value is -2.55. The molecule has 4 rings (SSSR count). The van der Waals surface area contributed by atoms with Crippen LogP contribution in [0.2, 0.25) is 0 Å². The molecule has 2 aromatic carbocycles. The van der Waals surface area contributed by atoms with Crippen molar-refractivity contribution in [2.75, 3.05) is 0 Å². The highest BCUT2D eigenvalue weighted by Crippen LogP contribution is 2.23. The van der Waals surface area contributed by atoms with Crippen molar-refractivity contribution in [3.8, 4) is 0 Å². The van der Waals surface area contributed by atoms with E-state index in [1.807, 2.05) is 25.3 Å². The van der Waals surface area contributed by atoms with Crippen molar-refractivity contribution in [3.05, 3.63) is 71.4 Å². The summed E-state index contributed by atoms with van der Waals surface area (Å²) in [6, 6.07) is 17.0. The summed E-state index contributed by atoms with van der Waals surface area (Å²) in [5, 5.41) is 4.45. The maximum atomic E-state index is 12.6. The summed E-state index contributed by atoms with van der Waals surface area (Å²) in [5.41, 5.74) is 5.08. The fraction of sp³-hybridized carbons (Fsp3) is 0.286. The van der Waals surface area contributed by atoms with Crippen LogP contribution >= 0.6 is 0 Å². The van der Waals surface area contributed by atoms with Gasteiger partial charge in [0.2, 0.25) is 5.91 Å². The zero-order valence-corrected chi connectivity index (χ0v) is 13.9. The second kappa shape index (κ2) is 6.16. The Kier molecular flexibility index (Phi) is 3.85. The number of amides is 1. The van der Waals surface area contributed by atoms with Crippen molar-refractivity contribution >= 4 is 16.8 Å². The van der Waals surface area contributed by atoms with Gasteiger partial charge in [-0.05, 0) is 42.0 Å². The monoisotopic (exact) mass is 318 g/mol. The lowest BCUT2D eigenvalue weighted by Gasteiger charge is -2.16. The van der Waals surface area contributed by atoms with Crippen LogP contribution in [0.1, 0.15) is 23.6 Å². The van der Waals surface area contributed by atoms with Crippen molar-refractivity contribution in [2.24, 2.45) is 5.92 Å². The predicted octanol–water partition coefficient (Wildman–Crippen LogP) is 3.63. The van der Waals surface area contributed by atoms with Crippen molar-refractivity contribution in [3.63, 3.8) is 0 Å². The molecule has 24 heavy (non-hydrogen) atoms. The third-order valence-electron chi connectivity index (χ3n) is 5.05. The zero-order chi connectivity index (χ0) is 16.5. The molecule has 1 heterocycles. The normalized spacial score (nSPS) is 15.4. The van der Waals surface area contributed by atoms with E-state index in [9.17, 15) is 4.79 Å². The molecule has 0 aliphatic heterocycles. The van der Waals surface area contributed by atoms with Crippen LogP contribution in [0.5, 0.6) is 0 Å². The summed E-state index contributed by atoms with van der Waals surface area (Å²) in [4.78, 5) is 15.9. The van der Waals surface area contributed by atoms with E-state index in [1.54, 1.807) is 0 Å². The quantitative estimate of drug-likeness (QED) is 0.758. The van der Waals surface area contributed by atoms with Crippen molar-refractivity contribution in [1.29, 1.82) is 0 Å². The smallest absolute Gasteiger partial charge is 0.223 e. The van der Waals surface area contributed by atoms with E-state index in [2.05, 4.69) is 46.7 Å². The van der Waals surface area contributed by atoms with Crippen molar-refractivity contribution in [1.82, 2.24) is 10.3 Å². The number of aromatic amines is 1. The summed E-state index contributed by atoms with van der Waals surface area (Å²) >= 11 is 0. The molecule has 0 spiro atoms. The Labute approximate surface area is 142 Å². The third-order valence-corrected chi connectivity index (χ3v) is 5.05. The van der Waals surface area contributed by atoms with Gasteiger partial charge in [0.1, 0.15) is 0 Å². The van der Waals surface area contributed by atoms with Crippen LogP contribution < -0.4 is 5.32 Å². The Morgan fingerprint density at radius 1 is 1.12 bits per heavy atom. The number of aromatic nitrogens is 1. The zero-order valence-electron chi connectivity index (χ0n) is 13.9. The lowest BCUT2D eigenvalue weighted by molar-refractivity contribution is -0.125. The van der Waals surface area contributed by atoms with Crippen LogP contribution in [-0.2, 0) is 24.1 Å². The first-order valence-electron chi connectivity index (χ1n) is 8.63. The Morgan fingerprint density at radius 3 is 2.54 bits per heavy atom. The molecule has 3 aromatic rings. The minimum absolute atomic E-state index is 0.0343. The highest BCUT2D eigenvalue weighted by molar-refractivity contribution is 5.84. The van der Waals surface area contributed by atoms with Crippen LogP contribution in [-0.4, -0.2) is 16.9 Å². The predicted molar refractivity (Wildman–Crippen MR) is 96.9 cm³/mol. The summed E-state index contributed by atoms with van der Waals surface area (Å²) in [6.45, 7) is 2.01. The Morgan fingerprint density at radius 2 is 1.79 bits per heavy atom. The molecule has 0 saturated carbocycles. The SMILES string of the molecule is CC(Cc1c[nH]c2ccccc12)C(=O)NC1Cc2ccccc2C1. The highest BCUT2D eigenvalue weighted by Gasteiger charge is 2.24. The van der Waals surface area contributed by atoms with E-state index < -0.39 is 0 Å². The van der Waals surface area contributed by atoms with E-state index in [1.165, 1.54) is 22.1 Å². The average molecular weight is 318 g/mol. The van der Waals surface area contributed by atoms with Crippen molar-refractivity contribution < 1.29 is 4.79 Å². The lowest BCUT2D eigenvalue weighted by atomic mass is 9.99. The van der Waals surface area contributed by atoms with E-state index >= 15 is 0 Å². The van der Waals surface area contributed by atoms with Gasteiger partial charge in [0.25, 0.3) is 0 Å². The second-order valence-corrected chi connectivity index (χ2v) is 6.85. The molecule has 1 atom stereocenters. The van der Waals surface area contributed by atoms with Gasteiger partial charge in [-0.15, -0.1) is 0 Å². The van der Waals surface area contributed by atoms with Gasteiger partial charge in [-0.3, -0.25) is 4.79 Å². The summed E-state index contributed by atoms with van der Waals surface area (Å²) in [5.74, 6) is 0.117. The highest BCUT2D eigenvalue weighted by atomic mass is 16.1. The Bertz CT molecular complexity index is 855. The van der Waals surface area contributed by atoms with Gasteiger partial charge in [-0.25, -0.2) is 0 Å². The van der Waals surface area contributed by atoms with Gasteiger partial charge in [0.05, 0.1) is 0 Å². The molecule has 1 aromatic heterocycles. The fourth-order valence-corrected chi connectivity index (χ4v) is 3.73. The number of rotatable bonds is 4. The average Bonchev–Trinajstić information content (AvgIpc) is 3.18. The number of fused-ring (bicyclic) bond motifs is 2. The number of carbonyl (C=O) groups excluding carboxylic acids is 1. The minimum Gasteiger partial charge on any atom is -0.361 e. The molecule has 3 heteroatoms. The summed E-state index contributed by atoms with van der Waals surface area (Å²) < 4.78 is 0. The minimum atomic E-state index is -0.0343. The first-order chi connectivity index (χ1) is 11.7. The molecule has 1 aliphatic rings. The summed E-state index contributed by atoms with van der Waals surface area (Å²) in [6.07, 6.45) is 4.68. The van der Waals surface area contributed by atoms with Crippen LogP contribution in [0.4, 0.5) is 0 Å². The molecular formula is C21H22N2O. The van der Waals surface area contributed by atoms with Gasteiger partial charge in [0.15, 0.2) is 0 Å². The first-order valence-corrected chi connectivity index (χ1v) is 8.63. The molecular weight excluding hydrogens is 296 g/mol. The molecule has 1 unspecified atom stereocenters. The van der Waals surface area contributed by atoms with E-state index in [-0.39, 0.29) is 17.9 Å². The topological polar surface area (TPSA) is 44.9 Å². The van der Waals surface area contributed by atoms with Gasteiger partial charge in [-0.1, -0.05) is 49.4 Å². The maximum absolute atomic E-state index is 12.6. The fourth-order valence-electron chi connectivity index (χ4n) is 3.73. The molecule has 0 saturated heterocycles. The molecule has 2 N–H and O–H groups in total. The van der Waals surface area contributed by atoms with Gasteiger partial charge < -0.3 is 10.3 Å². The Balaban J connectivity index is 1.40. The van der Waals surface area contributed by atoms with Gasteiger partial charge in [0, 0.05) is 29.1 Å². The maximum Gasteiger partial charge on any atom is 0.223 e. The van der Waals surface area contributed by atoms with Crippen LogP contribution in [0, 0.1) is 5.92 Å². The van der Waals surface area contributed by atoms with Crippen LogP contribution in [0.15, 0.2) is 54.7 Å². The van der Waals surface area contributed by atoms with Crippen molar-refractivity contribution in [2.45, 2.75) is 32.2 Å². The molecule has 122 valence electrons. The molecule has 1 amide bonds. The molecule has 0 fully saturated rings. The number of nitrogens with one attached hydrogen (secondary N) is 2. The van der Waals surface area contributed by atoms with Gasteiger partial charge >= 0.3 is 0 Å². The first kappa shape index (κ1) is 15.0. The van der Waals surface area contributed by atoms with Crippen LogP contribution in [0.25, 0.3) is 10.9 Å². The standard InChI is InChI=1S/C21H22N2O/c1-14(10-17-13-22-20-9-5-4-8-19(17)20)21(24)23-18-11-15-6-2-3-7-16(15)12-18/h2-9,13-14,18,22H,10-12H2,1H3,(H,23,24). The van der Waals surface area contributed by atoms with Crippen LogP contribution in [0.3, 0.4) is 0 Å². The lowest BCUT2D eigenvalue weighted by Crippen LogP contribution is -2.39. The summed E-state index contributed by atoms with van der Waals surface area (Å²) in [7, 11) is 0. The van der Waals surface area contributed by atoms with Gasteiger partial charge in [-0.2, -0.15) is 0 Å². The number of benzene rings is 2. The van der Waals surface area contributed by atoms with E-state index in [0.29, 0.717) is 0 Å². The third kappa shape index (κ3) is 2.82. The van der Waals surface area contributed by atoms with E-state index in [4.69, 9.17) is 0 Å². The number of H-pyrrole nitrogens is 1.